The first-order valence-corrected chi connectivity index (χ1v) is 5.24. The van der Waals surface area contributed by atoms with E-state index in [1.807, 2.05) is 12.3 Å². The molecule has 1 heterocycles. The molecule has 1 aliphatic rings. The lowest BCUT2D eigenvalue weighted by atomic mass is 10.2. The van der Waals surface area contributed by atoms with Crippen LogP contribution in [0.5, 0.6) is 0 Å². The molecule has 0 N–H and O–H groups in total. The molecule has 0 unspecified atom stereocenters. The Balaban J connectivity index is 2.54. The molecule has 0 bridgehead atoms. The van der Waals surface area contributed by atoms with E-state index in [-0.39, 0.29) is 0 Å². The summed E-state index contributed by atoms with van der Waals surface area (Å²) in [5, 5.41) is 1.14. The van der Waals surface area contributed by atoms with E-state index < -0.39 is 0 Å². The van der Waals surface area contributed by atoms with Crippen LogP contribution in [0.25, 0.3) is 0 Å². The van der Waals surface area contributed by atoms with E-state index in [0.29, 0.717) is 10.0 Å². The summed E-state index contributed by atoms with van der Waals surface area (Å²) < 4.78 is 0. The second-order valence-corrected chi connectivity index (χ2v) is 3.92. The number of halogens is 2. The van der Waals surface area contributed by atoms with Crippen molar-refractivity contribution in [1.29, 1.82) is 0 Å². The van der Waals surface area contributed by atoms with E-state index in [4.69, 9.17) is 23.2 Å². The van der Waals surface area contributed by atoms with Gasteiger partial charge in [0.1, 0.15) is 0 Å². The summed E-state index contributed by atoms with van der Waals surface area (Å²) in [7, 11) is 0. The first-order chi connectivity index (χ1) is 6.72. The van der Waals surface area contributed by atoms with Gasteiger partial charge in [-0.2, -0.15) is 0 Å². The predicted octanol–water partition coefficient (Wildman–Crippen LogP) is 3.54. The van der Waals surface area contributed by atoms with Crippen molar-refractivity contribution in [2.24, 2.45) is 4.99 Å². The van der Waals surface area contributed by atoms with Crippen molar-refractivity contribution in [3.8, 4) is 0 Å². The van der Waals surface area contributed by atoms with Crippen LogP contribution in [0.3, 0.4) is 0 Å². The van der Waals surface area contributed by atoms with Crippen LogP contribution in [0, 0.1) is 0 Å². The molecule has 0 aliphatic carbocycles. The highest BCUT2D eigenvalue weighted by Gasteiger charge is 2.14. The minimum atomic E-state index is 0.556. The summed E-state index contributed by atoms with van der Waals surface area (Å²) in [6.07, 6.45) is 1.88. The molecule has 0 spiro atoms. The monoisotopic (exact) mass is 228 g/mol. The van der Waals surface area contributed by atoms with Gasteiger partial charge in [-0.1, -0.05) is 23.2 Å². The summed E-state index contributed by atoms with van der Waals surface area (Å²) in [4.78, 5) is 6.48. The molecule has 1 aromatic carbocycles. The Morgan fingerprint density at radius 1 is 1.36 bits per heavy atom. The van der Waals surface area contributed by atoms with Crippen LogP contribution in [0.2, 0.25) is 10.0 Å². The zero-order chi connectivity index (χ0) is 10.1. The van der Waals surface area contributed by atoms with Crippen molar-refractivity contribution >= 4 is 40.8 Å². The molecular weight excluding hydrogens is 219 g/mol. The average molecular weight is 229 g/mol. The Hall–Kier alpha value is -0.730. The van der Waals surface area contributed by atoms with Gasteiger partial charge in [0.25, 0.3) is 0 Å². The van der Waals surface area contributed by atoms with Crippen molar-refractivity contribution in [2.45, 2.75) is 6.92 Å². The molecule has 4 heteroatoms. The molecule has 0 saturated carbocycles. The zero-order valence-corrected chi connectivity index (χ0v) is 9.31. The van der Waals surface area contributed by atoms with Crippen molar-refractivity contribution in [1.82, 2.24) is 0 Å². The van der Waals surface area contributed by atoms with Gasteiger partial charge in [-0.15, -0.1) is 0 Å². The summed E-state index contributed by atoms with van der Waals surface area (Å²) in [5.41, 5.74) is 1.96. The largest absolute Gasteiger partial charge is 0.365 e. The number of nitrogens with zero attached hydrogens (tertiary/aromatic N) is 2. The lowest BCUT2D eigenvalue weighted by Crippen LogP contribution is -2.26. The molecule has 1 aliphatic heterocycles. The van der Waals surface area contributed by atoms with E-state index in [2.05, 4.69) is 16.8 Å². The molecular formula is C10H10Cl2N2. The first kappa shape index (κ1) is 9.81. The van der Waals surface area contributed by atoms with E-state index in [0.717, 1.165) is 24.5 Å². The summed E-state index contributed by atoms with van der Waals surface area (Å²) >= 11 is 11.9. The van der Waals surface area contributed by atoms with E-state index in [1.165, 1.54) is 0 Å². The fourth-order valence-corrected chi connectivity index (χ4v) is 1.83. The Morgan fingerprint density at radius 2 is 2.07 bits per heavy atom. The SMILES string of the molecule is CCN1CC=Nc2cc(Cl)c(Cl)cc21. The predicted molar refractivity (Wildman–Crippen MR) is 62.5 cm³/mol. The highest BCUT2D eigenvalue weighted by atomic mass is 35.5. The van der Waals surface area contributed by atoms with Crippen molar-refractivity contribution in [3.05, 3.63) is 22.2 Å². The fraction of sp³-hybridized carbons (Fsp3) is 0.300. The molecule has 2 rings (SSSR count). The van der Waals surface area contributed by atoms with Gasteiger partial charge in [0, 0.05) is 12.8 Å². The van der Waals surface area contributed by atoms with Gasteiger partial charge in [-0.05, 0) is 19.1 Å². The summed E-state index contributed by atoms with van der Waals surface area (Å²) in [6, 6.07) is 3.68. The number of hydrogen-bond acceptors (Lipinski definition) is 2. The first-order valence-electron chi connectivity index (χ1n) is 4.49. The summed E-state index contributed by atoms with van der Waals surface area (Å²) in [6.45, 7) is 3.88. The molecule has 0 saturated heterocycles. The van der Waals surface area contributed by atoms with Gasteiger partial charge in [-0.3, -0.25) is 4.99 Å². The Kier molecular flexibility index (Phi) is 2.66. The third-order valence-electron chi connectivity index (χ3n) is 2.27. The van der Waals surface area contributed by atoms with Crippen LogP contribution in [0.1, 0.15) is 6.92 Å². The lowest BCUT2D eigenvalue weighted by molar-refractivity contribution is 0.921. The molecule has 0 fully saturated rings. The van der Waals surface area contributed by atoms with Gasteiger partial charge in [0.2, 0.25) is 0 Å². The minimum absolute atomic E-state index is 0.556. The highest BCUT2D eigenvalue weighted by molar-refractivity contribution is 6.42. The number of benzene rings is 1. The maximum Gasteiger partial charge on any atom is 0.0875 e. The van der Waals surface area contributed by atoms with Crippen LogP contribution in [0.4, 0.5) is 11.4 Å². The number of anilines is 1. The molecule has 0 atom stereocenters. The molecule has 14 heavy (non-hydrogen) atoms. The number of aliphatic imine (C=N–C) groups is 1. The van der Waals surface area contributed by atoms with Gasteiger partial charge in [0.05, 0.1) is 28.0 Å². The molecule has 74 valence electrons. The van der Waals surface area contributed by atoms with Crippen LogP contribution < -0.4 is 4.90 Å². The lowest BCUT2D eigenvalue weighted by Gasteiger charge is -2.26. The van der Waals surface area contributed by atoms with Crippen LogP contribution in [-0.4, -0.2) is 19.3 Å². The molecule has 0 amide bonds. The smallest absolute Gasteiger partial charge is 0.0875 e. The number of rotatable bonds is 1. The number of hydrogen-bond donors (Lipinski definition) is 0. The molecule has 0 aromatic heterocycles. The van der Waals surface area contributed by atoms with Gasteiger partial charge >= 0.3 is 0 Å². The van der Waals surface area contributed by atoms with Gasteiger partial charge < -0.3 is 4.90 Å². The van der Waals surface area contributed by atoms with E-state index >= 15 is 0 Å². The second-order valence-electron chi connectivity index (χ2n) is 3.11. The number of fused-ring (bicyclic) bond motifs is 1. The van der Waals surface area contributed by atoms with Gasteiger partial charge in [-0.25, -0.2) is 0 Å². The van der Waals surface area contributed by atoms with Crippen LogP contribution >= 0.6 is 23.2 Å². The topological polar surface area (TPSA) is 15.6 Å². The Morgan fingerprint density at radius 3 is 2.79 bits per heavy atom. The standard InChI is InChI=1S/C10H10Cl2N2/c1-2-14-4-3-13-9-5-7(11)8(12)6-10(9)14/h3,5-6H,2,4H2,1H3. The Bertz CT molecular complexity index is 388. The zero-order valence-electron chi connectivity index (χ0n) is 7.80. The minimum Gasteiger partial charge on any atom is -0.365 e. The maximum absolute atomic E-state index is 5.96. The third-order valence-corrected chi connectivity index (χ3v) is 2.99. The van der Waals surface area contributed by atoms with E-state index in [9.17, 15) is 0 Å². The van der Waals surface area contributed by atoms with Crippen molar-refractivity contribution < 1.29 is 0 Å². The second kappa shape index (κ2) is 3.79. The Labute approximate surface area is 93.1 Å². The maximum atomic E-state index is 5.96. The highest BCUT2D eigenvalue weighted by Crippen LogP contribution is 2.37. The van der Waals surface area contributed by atoms with Gasteiger partial charge in [0.15, 0.2) is 0 Å². The third kappa shape index (κ3) is 1.60. The molecule has 1 aromatic rings. The molecule has 0 radical (unpaired) electrons. The van der Waals surface area contributed by atoms with Crippen molar-refractivity contribution in [3.63, 3.8) is 0 Å². The quantitative estimate of drug-likeness (QED) is 0.719. The van der Waals surface area contributed by atoms with Crippen molar-refractivity contribution in [2.75, 3.05) is 18.0 Å². The fourth-order valence-electron chi connectivity index (χ4n) is 1.52. The normalized spacial score (nSPS) is 14.4. The van der Waals surface area contributed by atoms with Crippen LogP contribution in [-0.2, 0) is 0 Å². The van der Waals surface area contributed by atoms with Crippen LogP contribution in [0.15, 0.2) is 17.1 Å². The summed E-state index contributed by atoms with van der Waals surface area (Å²) in [5.74, 6) is 0. The molecule has 2 nitrogen and oxygen atoms in total. The van der Waals surface area contributed by atoms with E-state index in [1.54, 1.807) is 6.07 Å². The average Bonchev–Trinajstić information content (AvgIpc) is 2.19.